The maximum atomic E-state index is 13.4. The third-order valence-corrected chi connectivity index (χ3v) is 7.74. The monoisotopic (exact) mass is 500 g/mol. The van der Waals surface area contributed by atoms with Crippen LogP contribution in [0.5, 0.6) is 0 Å². The van der Waals surface area contributed by atoms with Crippen LogP contribution in [0.4, 0.5) is 0 Å². The molecular weight excluding hydrogens is 464 g/mol. The van der Waals surface area contributed by atoms with E-state index in [9.17, 15) is 9.59 Å². The van der Waals surface area contributed by atoms with E-state index in [1.807, 2.05) is 43.3 Å². The molecule has 0 radical (unpaired) electrons. The van der Waals surface area contributed by atoms with Crippen LogP contribution in [-0.2, 0) is 16.1 Å². The van der Waals surface area contributed by atoms with Crippen molar-refractivity contribution < 1.29 is 9.59 Å². The van der Waals surface area contributed by atoms with Crippen LogP contribution in [0.15, 0.2) is 53.4 Å². The minimum Gasteiger partial charge on any atom is -0.352 e. The number of nitrogens with zero attached hydrogens (tertiary/aromatic N) is 1. The quantitative estimate of drug-likeness (QED) is 0.273. The topological polar surface area (TPSA) is 49.4 Å². The molecule has 0 saturated heterocycles. The first-order chi connectivity index (χ1) is 16.5. The molecule has 1 atom stereocenters. The lowest BCUT2D eigenvalue weighted by molar-refractivity contribution is -0.141. The Bertz CT molecular complexity index is 928. The second-order valence-electron chi connectivity index (χ2n) is 9.18. The number of carbonyl (C=O) groups excluding carboxylic acids is 2. The van der Waals surface area contributed by atoms with E-state index < -0.39 is 6.04 Å². The number of halogens is 1. The predicted molar refractivity (Wildman–Crippen MR) is 142 cm³/mol. The minimum atomic E-state index is -0.446. The van der Waals surface area contributed by atoms with E-state index in [0.717, 1.165) is 46.1 Å². The Morgan fingerprint density at radius 3 is 2.53 bits per heavy atom. The van der Waals surface area contributed by atoms with Gasteiger partial charge in [0, 0.05) is 28.9 Å². The predicted octanol–water partition coefficient (Wildman–Crippen LogP) is 6.78. The van der Waals surface area contributed by atoms with Crippen molar-refractivity contribution >= 4 is 35.2 Å². The molecule has 1 unspecified atom stereocenters. The number of benzene rings is 2. The van der Waals surface area contributed by atoms with Crippen LogP contribution in [0.1, 0.15) is 69.4 Å². The molecule has 1 fully saturated rings. The normalized spacial score (nSPS) is 15.0. The summed E-state index contributed by atoms with van der Waals surface area (Å²) in [4.78, 5) is 29.6. The lowest BCUT2D eigenvalue weighted by atomic mass is 9.95. The van der Waals surface area contributed by atoms with Crippen LogP contribution < -0.4 is 5.32 Å². The molecule has 0 heterocycles. The van der Waals surface area contributed by atoms with E-state index in [4.69, 9.17) is 11.6 Å². The van der Waals surface area contributed by atoms with E-state index in [1.165, 1.54) is 19.3 Å². The average molecular weight is 501 g/mol. The molecule has 1 saturated carbocycles. The molecule has 184 valence electrons. The van der Waals surface area contributed by atoms with Crippen LogP contribution in [0.2, 0.25) is 5.02 Å². The van der Waals surface area contributed by atoms with Gasteiger partial charge in [-0.1, -0.05) is 67.6 Å². The van der Waals surface area contributed by atoms with Crippen molar-refractivity contribution in [2.45, 2.75) is 88.7 Å². The molecule has 0 aromatic heterocycles. The van der Waals surface area contributed by atoms with Gasteiger partial charge >= 0.3 is 0 Å². The third kappa shape index (κ3) is 8.35. The summed E-state index contributed by atoms with van der Waals surface area (Å²) >= 11 is 7.69. The Morgan fingerprint density at radius 1 is 1.12 bits per heavy atom. The fraction of sp³-hybridized carbons (Fsp3) is 0.500. The lowest BCUT2D eigenvalue weighted by Crippen LogP contribution is -2.51. The molecule has 2 amide bonds. The third-order valence-electron chi connectivity index (χ3n) is 6.39. The van der Waals surface area contributed by atoms with Crippen molar-refractivity contribution in [2.75, 3.05) is 5.75 Å². The smallest absolute Gasteiger partial charge is 0.243 e. The molecular formula is C28H37ClN2O2S. The van der Waals surface area contributed by atoms with Crippen LogP contribution >= 0.6 is 23.4 Å². The van der Waals surface area contributed by atoms with Gasteiger partial charge in [-0.25, -0.2) is 0 Å². The van der Waals surface area contributed by atoms with E-state index in [0.29, 0.717) is 19.4 Å². The largest absolute Gasteiger partial charge is 0.352 e. The summed E-state index contributed by atoms with van der Waals surface area (Å²) in [6, 6.07) is 15.8. The second-order valence-corrected chi connectivity index (χ2v) is 10.8. The molecule has 3 rings (SSSR count). The molecule has 34 heavy (non-hydrogen) atoms. The number of rotatable bonds is 11. The Labute approximate surface area is 213 Å². The Kier molecular flexibility index (Phi) is 10.8. The summed E-state index contributed by atoms with van der Waals surface area (Å²) in [6.07, 6.45) is 7.45. The summed E-state index contributed by atoms with van der Waals surface area (Å²) < 4.78 is 0. The van der Waals surface area contributed by atoms with Gasteiger partial charge < -0.3 is 10.2 Å². The maximum absolute atomic E-state index is 13.4. The molecule has 1 aliphatic carbocycles. The summed E-state index contributed by atoms with van der Waals surface area (Å²) in [5.41, 5.74) is 2.22. The number of hydrogen-bond donors (Lipinski definition) is 1. The number of aryl methyl sites for hydroxylation is 1. The number of thioether (sulfide) groups is 1. The van der Waals surface area contributed by atoms with Crippen molar-refractivity contribution in [2.24, 2.45) is 0 Å². The Morgan fingerprint density at radius 2 is 1.85 bits per heavy atom. The van der Waals surface area contributed by atoms with Crippen molar-refractivity contribution in [3.8, 4) is 0 Å². The summed E-state index contributed by atoms with van der Waals surface area (Å²) in [6.45, 7) is 4.51. The van der Waals surface area contributed by atoms with Gasteiger partial charge in [0.25, 0.3) is 0 Å². The van der Waals surface area contributed by atoms with Gasteiger partial charge in [-0.05, 0) is 68.2 Å². The molecule has 2 aromatic rings. The van der Waals surface area contributed by atoms with Gasteiger partial charge in [0.05, 0.1) is 0 Å². The van der Waals surface area contributed by atoms with E-state index in [1.54, 1.807) is 16.7 Å². The van der Waals surface area contributed by atoms with E-state index in [2.05, 4.69) is 24.4 Å². The highest BCUT2D eigenvalue weighted by molar-refractivity contribution is 7.99. The SMILES string of the molecule is CCC(C(=O)NC1CCCCC1)N(Cc1cccc(C)c1)C(=O)CCCSc1ccc(Cl)cc1. The van der Waals surface area contributed by atoms with Gasteiger partial charge in [-0.15, -0.1) is 11.8 Å². The highest BCUT2D eigenvalue weighted by atomic mass is 35.5. The lowest BCUT2D eigenvalue weighted by Gasteiger charge is -2.33. The van der Waals surface area contributed by atoms with Crippen LogP contribution in [0.25, 0.3) is 0 Å². The zero-order valence-electron chi connectivity index (χ0n) is 20.4. The van der Waals surface area contributed by atoms with Crippen LogP contribution in [-0.4, -0.2) is 34.6 Å². The average Bonchev–Trinajstić information content (AvgIpc) is 2.83. The molecule has 1 N–H and O–H groups in total. The zero-order valence-corrected chi connectivity index (χ0v) is 22.0. The van der Waals surface area contributed by atoms with Crippen molar-refractivity contribution in [3.63, 3.8) is 0 Å². The highest BCUT2D eigenvalue weighted by Crippen LogP contribution is 2.23. The van der Waals surface area contributed by atoms with Gasteiger partial charge in [0.15, 0.2) is 0 Å². The molecule has 0 spiro atoms. The first kappa shape index (κ1) is 26.6. The van der Waals surface area contributed by atoms with E-state index >= 15 is 0 Å². The Balaban J connectivity index is 1.64. The van der Waals surface area contributed by atoms with Crippen LogP contribution in [0.3, 0.4) is 0 Å². The van der Waals surface area contributed by atoms with Gasteiger partial charge in [-0.2, -0.15) is 0 Å². The van der Waals surface area contributed by atoms with Crippen molar-refractivity contribution in [1.29, 1.82) is 0 Å². The minimum absolute atomic E-state index is 0.00839. The second kappa shape index (κ2) is 13.8. The number of hydrogen-bond acceptors (Lipinski definition) is 3. The molecule has 4 nitrogen and oxygen atoms in total. The molecule has 1 aliphatic rings. The van der Waals surface area contributed by atoms with Gasteiger partial charge in [0.2, 0.25) is 11.8 Å². The van der Waals surface area contributed by atoms with Crippen molar-refractivity contribution in [3.05, 3.63) is 64.7 Å². The van der Waals surface area contributed by atoms with Crippen LogP contribution in [0, 0.1) is 6.92 Å². The molecule has 0 bridgehead atoms. The first-order valence-corrected chi connectivity index (χ1v) is 13.9. The fourth-order valence-electron chi connectivity index (χ4n) is 4.56. The summed E-state index contributed by atoms with van der Waals surface area (Å²) in [5, 5.41) is 3.97. The standard InChI is InChI=1S/C28H37ClN2O2S/c1-3-26(28(33)30-24-11-5-4-6-12-24)31(20-22-10-7-9-21(2)19-22)27(32)13-8-18-34-25-16-14-23(29)15-17-25/h7,9-10,14-17,19,24,26H,3-6,8,11-13,18,20H2,1-2H3,(H,30,33). The summed E-state index contributed by atoms with van der Waals surface area (Å²) in [7, 11) is 0. The zero-order chi connectivity index (χ0) is 24.3. The van der Waals surface area contributed by atoms with E-state index in [-0.39, 0.29) is 17.9 Å². The molecule has 6 heteroatoms. The van der Waals surface area contributed by atoms with Gasteiger partial charge in [0.1, 0.15) is 6.04 Å². The van der Waals surface area contributed by atoms with Gasteiger partial charge in [-0.3, -0.25) is 9.59 Å². The summed E-state index contributed by atoms with van der Waals surface area (Å²) in [5.74, 6) is 0.881. The molecule has 0 aliphatic heterocycles. The number of amides is 2. The van der Waals surface area contributed by atoms with Crippen molar-refractivity contribution in [1.82, 2.24) is 10.2 Å². The first-order valence-electron chi connectivity index (χ1n) is 12.5. The molecule has 2 aromatic carbocycles. The number of carbonyl (C=O) groups is 2. The maximum Gasteiger partial charge on any atom is 0.243 e. The fourth-order valence-corrected chi connectivity index (χ4v) is 5.54. The Hall–Kier alpha value is -1.98. The number of nitrogens with one attached hydrogen (secondary N) is 1. The highest BCUT2D eigenvalue weighted by Gasteiger charge is 2.30.